The number of benzene rings is 1. The van der Waals surface area contributed by atoms with Crippen molar-refractivity contribution in [1.82, 2.24) is 4.90 Å². The van der Waals surface area contributed by atoms with E-state index in [1.54, 1.807) is 0 Å². The Kier molecular flexibility index (Phi) is 4.25. The van der Waals surface area contributed by atoms with Crippen molar-refractivity contribution in [3.63, 3.8) is 0 Å². The maximum atomic E-state index is 12.9. The van der Waals surface area contributed by atoms with Gasteiger partial charge in [-0.05, 0) is 51.2 Å². The Morgan fingerprint density at radius 2 is 1.95 bits per heavy atom. The van der Waals surface area contributed by atoms with Crippen LogP contribution in [0.4, 0.5) is 0 Å². The molecule has 1 heterocycles. The fourth-order valence-electron chi connectivity index (χ4n) is 3.17. The van der Waals surface area contributed by atoms with Crippen LogP contribution in [-0.4, -0.2) is 29.4 Å². The highest BCUT2D eigenvalue weighted by Gasteiger charge is 2.32. The number of rotatable bonds is 2. The Labute approximate surface area is 115 Å². The Balaban J connectivity index is 2.36. The van der Waals surface area contributed by atoms with Gasteiger partial charge in [0.1, 0.15) is 0 Å². The van der Waals surface area contributed by atoms with Crippen LogP contribution in [0.2, 0.25) is 0 Å². The van der Waals surface area contributed by atoms with E-state index in [0.29, 0.717) is 6.54 Å². The van der Waals surface area contributed by atoms with Crippen LogP contribution in [0.3, 0.4) is 0 Å². The van der Waals surface area contributed by atoms with Crippen molar-refractivity contribution >= 4 is 5.91 Å². The number of piperidine rings is 1. The van der Waals surface area contributed by atoms with Crippen molar-refractivity contribution in [3.05, 3.63) is 34.9 Å². The smallest absolute Gasteiger partial charge is 0.254 e. The highest BCUT2D eigenvalue weighted by molar-refractivity contribution is 5.97. The summed E-state index contributed by atoms with van der Waals surface area (Å²) >= 11 is 0. The monoisotopic (exact) mass is 260 g/mol. The standard InChI is InChI=1S/C16H24N2O/c1-11-6-4-7-12(2)15(11)16(19)18-13(3)8-5-9-14(18)10-17/h4,6-7,13-14H,5,8-10,17H2,1-3H3. The highest BCUT2D eigenvalue weighted by Crippen LogP contribution is 2.26. The summed E-state index contributed by atoms with van der Waals surface area (Å²) in [7, 11) is 0. The quantitative estimate of drug-likeness (QED) is 0.888. The van der Waals surface area contributed by atoms with E-state index < -0.39 is 0 Å². The maximum Gasteiger partial charge on any atom is 0.254 e. The Morgan fingerprint density at radius 1 is 1.32 bits per heavy atom. The number of aryl methyl sites for hydroxylation is 2. The van der Waals surface area contributed by atoms with Gasteiger partial charge in [-0.3, -0.25) is 4.79 Å². The second kappa shape index (κ2) is 5.74. The molecule has 1 aromatic rings. The number of likely N-dealkylation sites (tertiary alicyclic amines) is 1. The van der Waals surface area contributed by atoms with Gasteiger partial charge in [0.25, 0.3) is 5.91 Å². The third-order valence-corrected chi connectivity index (χ3v) is 4.23. The van der Waals surface area contributed by atoms with E-state index >= 15 is 0 Å². The van der Waals surface area contributed by atoms with Crippen molar-refractivity contribution in [2.24, 2.45) is 5.73 Å². The molecule has 0 spiro atoms. The molecule has 2 atom stereocenters. The lowest BCUT2D eigenvalue weighted by Gasteiger charge is -2.40. The first kappa shape index (κ1) is 14.1. The summed E-state index contributed by atoms with van der Waals surface area (Å²) in [4.78, 5) is 14.9. The molecule has 2 N–H and O–H groups in total. The van der Waals surface area contributed by atoms with Gasteiger partial charge < -0.3 is 10.6 Å². The summed E-state index contributed by atoms with van der Waals surface area (Å²) in [6.45, 7) is 6.70. The van der Waals surface area contributed by atoms with Gasteiger partial charge in [0.05, 0.1) is 0 Å². The molecule has 1 saturated heterocycles. The molecule has 0 saturated carbocycles. The fraction of sp³-hybridized carbons (Fsp3) is 0.562. The van der Waals surface area contributed by atoms with E-state index in [1.807, 2.05) is 36.9 Å². The summed E-state index contributed by atoms with van der Waals surface area (Å²) < 4.78 is 0. The molecule has 1 aliphatic heterocycles. The van der Waals surface area contributed by atoms with Gasteiger partial charge in [0.15, 0.2) is 0 Å². The van der Waals surface area contributed by atoms with Gasteiger partial charge in [0, 0.05) is 24.2 Å². The lowest BCUT2D eigenvalue weighted by molar-refractivity contribution is 0.0492. The molecule has 19 heavy (non-hydrogen) atoms. The largest absolute Gasteiger partial charge is 0.332 e. The maximum absolute atomic E-state index is 12.9. The molecule has 1 amide bonds. The van der Waals surface area contributed by atoms with Crippen LogP contribution in [0.1, 0.15) is 47.7 Å². The lowest BCUT2D eigenvalue weighted by atomic mass is 9.93. The minimum Gasteiger partial charge on any atom is -0.332 e. The van der Waals surface area contributed by atoms with E-state index in [1.165, 1.54) is 6.42 Å². The van der Waals surface area contributed by atoms with E-state index in [4.69, 9.17) is 5.73 Å². The summed E-state index contributed by atoms with van der Waals surface area (Å²) in [6.07, 6.45) is 3.27. The molecule has 0 aromatic heterocycles. The second-order valence-corrected chi connectivity index (χ2v) is 5.65. The zero-order valence-electron chi connectivity index (χ0n) is 12.1. The van der Waals surface area contributed by atoms with Gasteiger partial charge >= 0.3 is 0 Å². The van der Waals surface area contributed by atoms with Crippen LogP contribution in [0.5, 0.6) is 0 Å². The highest BCUT2D eigenvalue weighted by atomic mass is 16.2. The number of nitrogens with two attached hydrogens (primary N) is 1. The number of hydrogen-bond acceptors (Lipinski definition) is 2. The minimum absolute atomic E-state index is 0.151. The summed E-state index contributed by atoms with van der Waals surface area (Å²) in [5, 5.41) is 0. The molecule has 3 heteroatoms. The van der Waals surface area contributed by atoms with Gasteiger partial charge in [-0.1, -0.05) is 18.2 Å². The first-order chi connectivity index (χ1) is 9.06. The van der Waals surface area contributed by atoms with Crippen molar-refractivity contribution in [3.8, 4) is 0 Å². The third-order valence-electron chi connectivity index (χ3n) is 4.23. The SMILES string of the molecule is Cc1cccc(C)c1C(=O)N1C(C)CCCC1CN. The number of nitrogens with zero attached hydrogens (tertiary/aromatic N) is 1. The summed E-state index contributed by atoms with van der Waals surface area (Å²) in [6, 6.07) is 6.49. The molecule has 1 fully saturated rings. The molecule has 104 valence electrons. The minimum atomic E-state index is 0.151. The Hall–Kier alpha value is -1.35. The van der Waals surface area contributed by atoms with E-state index in [9.17, 15) is 4.79 Å². The van der Waals surface area contributed by atoms with E-state index in [0.717, 1.165) is 29.5 Å². The topological polar surface area (TPSA) is 46.3 Å². The predicted octanol–water partition coefficient (Wildman–Crippen LogP) is 2.65. The number of hydrogen-bond donors (Lipinski definition) is 1. The lowest BCUT2D eigenvalue weighted by Crippen LogP contribution is -2.52. The molecular weight excluding hydrogens is 236 g/mol. The van der Waals surface area contributed by atoms with Crippen LogP contribution >= 0.6 is 0 Å². The number of carbonyl (C=O) groups is 1. The first-order valence-corrected chi connectivity index (χ1v) is 7.15. The van der Waals surface area contributed by atoms with E-state index in [-0.39, 0.29) is 18.0 Å². The molecule has 2 rings (SSSR count). The van der Waals surface area contributed by atoms with Crippen LogP contribution in [-0.2, 0) is 0 Å². The molecule has 2 unspecified atom stereocenters. The molecule has 1 aliphatic rings. The van der Waals surface area contributed by atoms with Gasteiger partial charge in [-0.2, -0.15) is 0 Å². The Bertz CT molecular complexity index is 450. The number of amides is 1. The molecule has 3 nitrogen and oxygen atoms in total. The average Bonchev–Trinajstić information content (AvgIpc) is 2.37. The van der Waals surface area contributed by atoms with Crippen molar-refractivity contribution in [2.75, 3.05) is 6.54 Å². The summed E-state index contributed by atoms with van der Waals surface area (Å²) in [5.74, 6) is 0.151. The molecule has 0 radical (unpaired) electrons. The zero-order chi connectivity index (χ0) is 14.0. The number of carbonyl (C=O) groups excluding carboxylic acids is 1. The second-order valence-electron chi connectivity index (χ2n) is 5.65. The van der Waals surface area contributed by atoms with Crippen molar-refractivity contribution in [2.45, 2.75) is 52.1 Å². The Morgan fingerprint density at radius 3 is 2.53 bits per heavy atom. The first-order valence-electron chi connectivity index (χ1n) is 7.15. The van der Waals surface area contributed by atoms with Crippen LogP contribution < -0.4 is 5.73 Å². The normalized spacial score (nSPS) is 23.5. The predicted molar refractivity (Wildman–Crippen MR) is 78.2 cm³/mol. The van der Waals surface area contributed by atoms with Gasteiger partial charge in [-0.15, -0.1) is 0 Å². The fourth-order valence-corrected chi connectivity index (χ4v) is 3.17. The molecule has 1 aromatic carbocycles. The average molecular weight is 260 g/mol. The van der Waals surface area contributed by atoms with Crippen LogP contribution in [0.15, 0.2) is 18.2 Å². The zero-order valence-corrected chi connectivity index (χ0v) is 12.1. The molecule has 0 aliphatic carbocycles. The van der Waals surface area contributed by atoms with Gasteiger partial charge in [-0.25, -0.2) is 0 Å². The van der Waals surface area contributed by atoms with E-state index in [2.05, 4.69) is 6.92 Å². The van der Waals surface area contributed by atoms with Crippen LogP contribution in [0, 0.1) is 13.8 Å². The van der Waals surface area contributed by atoms with Gasteiger partial charge in [0.2, 0.25) is 0 Å². The van der Waals surface area contributed by atoms with Crippen molar-refractivity contribution in [1.29, 1.82) is 0 Å². The summed E-state index contributed by atoms with van der Waals surface area (Å²) in [5.41, 5.74) is 8.82. The third kappa shape index (κ3) is 2.66. The van der Waals surface area contributed by atoms with Crippen molar-refractivity contribution < 1.29 is 4.79 Å². The molecule has 0 bridgehead atoms. The molecular formula is C16H24N2O. The van der Waals surface area contributed by atoms with Crippen LogP contribution in [0.25, 0.3) is 0 Å².